The Hall–Kier alpha value is -2.33. The number of oxazole rings is 1. The maximum Gasteiger partial charge on any atom is 0.192 e. The Labute approximate surface area is 161 Å². The molecule has 1 aliphatic rings. The van der Waals surface area contributed by atoms with E-state index in [1.54, 1.807) is 7.11 Å². The highest BCUT2D eigenvalue weighted by atomic mass is 16.5. The molecule has 1 atom stereocenters. The van der Waals surface area contributed by atoms with Crippen molar-refractivity contribution in [1.82, 2.24) is 9.88 Å². The lowest BCUT2D eigenvalue weighted by molar-refractivity contribution is 0.299. The lowest BCUT2D eigenvalue weighted by atomic mass is 9.82. The van der Waals surface area contributed by atoms with Gasteiger partial charge in [-0.05, 0) is 73.5 Å². The molecule has 4 nitrogen and oxygen atoms in total. The number of hydrogen-bond donors (Lipinski definition) is 0. The second kappa shape index (κ2) is 7.73. The van der Waals surface area contributed by atoms with Gasteiger partial charge >= 0.3 is 0 Å². The van der Waals surface area contributed by atoms with Gasteiger partial charge in [0.25, 0.3) is 0 Å². The van der Waals surface area contributed by atoms with E-state index in [-0.39, 0.29) is 0 Å². The number of fused-ring (bicyclic) bond motifs is 2. The van der Waals surface area contributed by atoms with Gasteiger partial charge in [-0.3, -0.25) is 0 Å². The Morgan fingerprint density at radius 3 is 3.00 bits per heavy atom. The van der Waals surface area contributed by atoms with Gasteiger partial charge in [0.1, 0.15) is 11.3 Å². The zero-order valence-electron chi connectivity index (χ0n) is 16.5. The average molecular weight is 364 g/mol. The number of likely N-dealkylation sites (N-methyl/N-ethyl adjacent to an activating group) is 1. The van der Waals surface area contributed by atoms with Crippen LogP contribution in [0, 0.1) is 6.92 Å². The quantitative estimate of drug-likeness (QED) is 0.633. The molecule has 1 heterocycles. The van der Waals surface area contributed by atoms with Crippen LogP contribution >= 0.6 is 0 Å². The summed E-state index contributed by atoms with van der Waals surface area (Å²) in [7, 11) is 4.01. The lowest BCUT2D eigenvalue weighted by Gasteiger charge is -2.30. The first kappa shape index (κ1) is 18.1. The molecule has 3 aromatic rings. The van der Waals surface area contributed by atoms with Crippen LogP contribution in [0.4, 0.5) is 0 Å². The number of methoxy groups -OCH3 is 1. The van der Waals surface area contributed by atoms with Crippen molar-refractivity contribution >= 4 is 11.1 Å². The smallest absolute Gasteiger partial charge is 0.192 e. The van der Waals surface area contributed by atoms with E-state index in [0.717, 1.165) is 48.7 Å². The highest BCUT2D eigenvalue weighted by Gasteiger charge is 2.23. The monoisotopic (exact) mass is 364 g/mol. The molecule has 0 spiro atoms. The van der Waals surface area contributed by atoms with E-state index in [4.69, 9.17) is 9.15 Å². The maximum atomic E-state index is 5.58. The summed E-state index contributed by atoms with van der Waals surface area (Å²) in [5, 5.41) is 0. The summed E-state index contributed by atoms with van der Waals surface area (Å²) in [5.41, 5.74) is 6.04. The van der Waals surface area contributed by atoms with Gasteiger partial charge in [-0.15, -0.1) is 0 Å². The Bertz CT molecular complexity index is 931. The van der Waals surface area contributed by atoms with E-state index in [1.807, 2.05) is 13.0 Å². The molecule has 1 aromatic heterocycles. The van der Waals surface area contributed by atoms with Crippen molar-refractivity contribution < 1.29 is 9.15 Å². The third kappa shape index (κ3) is 3.86. The molecule has 1 aliphatic carbocycles. The third-order valence-corrected chi connectivity index (χ3v) is 5.68. The molecule has 0 N–H and O–H groups in total. The Balaban J connectivity index is 1.40. The molecular formula is C23H28N2O2. The highest BCUT2D eigenvalue weighted by molar-refractivity contribution is 5.73. The van der Waals surface area contributed by atoms with Crippen LogP contribution in [0.1, 0.15) is 41.3 Å². The van der Waals surface area contributed by atoms with E-state index in [9.17, 15) is 0 Å². The second-order valence-electron chi connectivity index (χ2n) is 7.66. The van der Waals surface area contributed by atoms with Gasteiger partial charge in [-0.2, -0.15) is 0 Å². The molecule has 0 fully saturated rings. The van der Waals surface area contributed by atoms with E-state index < -0.39 is 0 Å². The lowest BCUT2D eigenvalue weighted by Crippen LogP contribution is -2.28. The third-order valence-electron chi connectivity index (χ3n) is 5.68. The summed E-state index contributed by atoms with van der Waals surface area (Å²) < 4.78 is 11.2. The van der Waals surface area contributed by atoms with Crippen molar-refractivity contribution in [3.05, 3.63) is 59.0 Å². The van der Waals surface area contributed by atoms with Crippen LogP contribution < -0.4 is 4.74 Å². The van der Waals surface area contributed by atoms with Crippen molar-refractivity contribution in [1.29, 1.82) is 0 Å². The largest absolute Gasteiger partial charge is 0.496 e. The van der Waals surface area contributed by atoms with Gasteiger partial charge in [0, 0.05) is 20.0 Å². The normalized spacial score (nSPS) is 16.7. The van der Waals surface area contributed by atoms with E-state index in [1.165, 1.54) is 29.5 Å². The van der Waals surface area contributed by atoms with Crippen LogP contribution in [-0.4, -0.2) is 37.1 Å². The van der Waals surface area contributed by atoms with Crippen LogP contribution in [0.15, 0.2) is 40.8 Å². The standard InChI is InChI=1S/C23H28N2O2/c1-16-24-21-14-17(10-11-23(21)27-16)12-13-25(2)15-18-6-4-8-20-19(18)7-5-9-22(20)26-3/h5,7,9-11,14,18H,4,6,8,12-13,15H2,1-3H3. The van der Waals surface area contributed by atoms with Gasteiger partial charge in [0.2, 0.25) is 0 Å². The van der Waals surface area contributed by atoms with Crippen molar-refractivity contribution in [2.24, 2.45) is 0 Å². The van der Waals surface area contributed by atoms with Crippen molar-refractivity contribution in [3.8, 4) is 5.75 Å². The zero-order chi connectivity index (χ0) is 18.8. The topological polar surface area (TPSA) is 38.5 Å². The molecule has 2 aromatic carbocycles. The fourth-order valence-corrected chi connectivity index (χ4v) is 4.33. The molecule has 0 radical (unpaired) electrons. The minimum Gasteiger partial charge on any atom is -0.496 e. The average Bonchev–Trinajstić information content (AvgIpc) is 3.05. The van der Waals surface area contributed by atoms with E-state index in [2.05, 4.69) is 47.3 Å². The van der Waals surface area contributed by atoms with Crippen LogP contribution in [0.25, 0.3) is 11.1 Å². The number of aromatic nitrogens is 1. The van der Waals surface area contributed by atoms with Gasteiger partial charge < -0.3 is 14.1 Å². The minimum absolute atomic E-state index is 0.592. The summed E-state index contributed by atoms with van der Waals surface area (Å²) in [5.74, 6) is 2.37. The van der Waals surface area contributed by atoms with Crippen LogP contribution in [0.3, 0.4) is 0 Å². The summed E-state index contributed by atoms with van der Waals surface area (Å²) in [6, 6.07) is 12.9. The molecule has 0 bridgehead atoms. The molecule has 0 amide bonds. The van der Waals surface area contributed by atoms with E-state index >= 15 is 0 Å². The van der Waals surface area contributed by atoms with Gasteiger partial charge in [0.05, 0.1) is 7.11 Å². The van der Waals surface area contributed by atoms with Crippen LogP contribution in [-0.2, 0) is 12.8 Å². The summed E-state index contributed by atoms with van der Waals surface area (Å²) in [6.07, 6.45) is 4.66. The first-order valence-electron chi connectivity index (χ1n) is 9.84. The zero-order valence-corrected chi connectivity index (χ0v) is 16.5. The number of rotatable bonds is 6. The molecule has 1 unspecified atom stereocenters. The molecule has 142 valence electrons. The second-order valence-corrected chi connectivity index (χ2v) is 7.66. The first-order valence-corrected chi connectivity index (χ1v) is 9.84. The molecule has 4 rings (SSSR count). The number of ether oxygens (including phenoxy) is 1. The van der Waals surface area contributed by atoms with Crippen LogP contribution in [0.5, 0.6) is 5.75 Å². The Morgan fingerprint density at radius 1 is 1.26 bits per heavy atom. The minimum atomic E-state index is 0.592. The summed E-state index contributed by atoms with van der Waals surface area (Å²) in [4.78, 5) is 6.90. The molecule has 0 saturated carbocycles. The Morgan fingerprint density at radius 2 is 2.15 bits per heavy atom. The number of benzene rings is 2. The first-order chi connectivity index (χ1) is 13.1. The fourth-order valence-electron chi connectivity index (χ4n) is 4.33. The number of nitrogens with zero attached hydrogens (tertiary/aromatic N) is 2. The maximum absolute atomic E-state index is 5.58. The molecule has 4 heteroatoms. The number of hydrogen-bond acceptors (Lipinski definition) is 4. The predicted molar refractivity (Wildman–Crippen MR) is 109 cm³/mol. The summed E-state index contributed by atoms with van der Waals surface area (Å²) >= 11 is 0. The number of aryl methyl sites for hydroxylation is 1. The molecule has 27 heavy (non-hydrogen) atoms. The van der Waals surface area contributed by atoms with Gasteiger partial charge in [0.15, 0.2) is 11.5 Å². The SMILES string of the molecule is COc1cccc2c1CCCC2CN(C)CCc1ccc2oc(C)nc2c1. The van der Waals surface area contributed by atoms with Crippen LogP contribution in [0.2, 0.25) is 0 Å². The van der Waals surface area contributed by atoms with Crippen molar-refractivity contribution in [3.63, 3.8) is 0 Å². The van der Waals surface area contributed by atoms with Crippen molar-refractivity contribution in [2.45, 2.75) is 38.5 Å². The Kier molecular flexibility index (Phi) is 5.17. The fraction of sp³-hybridized carbons (Fsp3) is 0.435. The van der Waals surface area contributed by atoms with Crippen molar-refractivity contribution in [2.75, 3.05) is 27.2 Å². The molecule has 0 saturated heterocycles. The van der Waals surface area contributed by atoms with Gasteiger partial charge in [-0.1, -0.05) is 18.2 Å². The van der Waals surface area contributed by atoms with E-state index in [0.29, 0.717) is 5.92 Å². The predicted octanol–water partition coefficient (Wildman–Crippen LogP) is 4.74. The van der Waals surface area contributed by atoms with Gasteiger partial charge in [-0.25, -0.2) is 4.98 Å². The molecular weight excluding hydrogens is 336 g/mol. The highest BCUT2D eigenvalue weighted by Crippen LogP contribution is 2.36. The summed E-state index contributed by atoms with van der Waals surface area (Å²) in [6.45, 7) is 4.02. The molecule has 0 aliphatic heterocycles.